The van der Waals surface area contributed by atoms with Crippen molar-refractivity contribution in [3.05, 3.63) is 0 Å². The standard InChI is InChI=1S/C34H66O4S2/c1-5-9-13-15-17-19-21-23-25-27-31(33(35)37-29-11-7-3)39-40-32(34(36)38-30-12-8-4)28-26-24-22-20-18-16-14-10-6-2/h31-32H,5-30H2,1-4H3. The van der Waals surface area contributed by atoms with Gasteiger partial charge in [0.05, 0.1) is 13.2 Å². The molecular weight excluding hydrogens is 537 g/mol. The fourth-order valence-corrected chi connectivity index (χ4v) is 7.59. The lowest BCUT2D eigenvalue weighted by molar-refractivity contribution is -0.144. The van der Waals surface area contributed by atoms with Crippen molar-refractivity contribution in [3.8, 4) is 0 Å². The summed E-state index contributed by atoms with van der Waals surface area (Å²) in [4.78, 5) is 25.9. The van der Waals surface area contributed by atoms with E-state index >= 15 is 0 Å². The predicted octanol–water partition coefficient (Wildman–Crippen LogP) is 11.6. The summed E-state index contributed by atoms with van der Waals surface area (Å²) < 4.78 is 11.2. The Kier molecular flexibility index (Phi) is 31.3. The molecule has 0 rings (SSSR count). The highest BCUT2D eigenvalue weighted by molar-refractivity contribution is 8.77. The Morgan fingerprint density at radius 1 is 0.425 bits per heavy atom. The van der Waals surface area contributed by atoms with Gasteiger partial charge in [-0.2, -0.15) is 0 Å². The maximum Gasteiger partial charge on any atom is 0.319 e. The van der Waals surface area contributed by atoms with Crippen molar-refractivity contribution >= 4 is 33.5 Å². The van der Waals surface area contributed by atoms with Gasteiger partial charge in [-0.1, -0.05) is 178 Å². The largest absolute Gasteiger partial charge is 0.465 e. The van der Waals surface area contributed by atoms with Crippen LogP contribution in [-0.2, 0) is 19.1 Å². The van der Waals surface area contributed by atoms with E-state index < -0.39 is 0 Å². The molecule has 0 amide bonds. The van der Waals surface area contributed by atoms with E-state index in [4.69, 9.17) is 9.47 Å². The maximum absolute atomic E-state index is 12.9. The number of hydrogen-bond donors (Lipinski definition) is 0. The van der Waals surface area contributed by atoms with Gasteiger partial charge < -0.3 is 9.47 Å². The monoisotopic (exact) mass is 602 g/mol. The molecule has 6 heteroatoms. The third kappa shape index (κ3) is 25.4. The number of carbonyl (C=O) groups excluding carboxylic acids is 2. The first-order chi connectivity index (χ1) is 19.6. The van der Waals surface area contributed by atoms with E-state index in [2.05, 4.69) is 27.7 Å². The van der Waals surface area contributed by atoms with E-state index in [1.807, 2.05) is 0 Å². The highest BCUT2D eigenvalue weighted by Gasteiger charge is 2.27. The third-order valence-corrected chi connectivity index (χ3v) is 10.6. The van der Waals surface area contributed by atoms with Gasteiger partial charge >= 0.3 is 11.9 Å². The van der Waals surface area contributed by atoms with Gasteiger partial charge in [-0.25, -0.2) is 0 Å². The third-order valence-electron chi connectivity index (χ3n) is 7.44. The summed E-state index contributed by atoms with van der Waals surface area (Å²) >= 11 is 0. The fraction of sp³-hybridized carbons (Fsp3) is 0.941. The van der Waals surface area contributed by atoms with E-state index in [0.717, 1.165) is 51.4 Å². The second kappa shape index (κ2) is 31.6. The summed E-state index contributed by atoms with van der Waals surface area (Å²) in [6, 6.07) is 0. The van der Waals surface area contributed by atoms with Crippen LogP contribution in [0, 0.1) is 0 Å². The predicted molar refractivity (Wildman–Crippen MR) is 178 cm³/mol. The van der Waals surface area contributed by atoms with Crippen molar-refractivity contribution < 1.29 is 19.1 Å². The molecule has 0 bridgehead atoms. The van der Waals surface area contributed by atoms with Crippen molar-refractivity contribution in [2.24, 2.45) is 0 Å². The zero-order chi connectivity index (χ0) is 29.5. The minimum Gasteiger partial charge on any atom is -0.465 e. The zero-order valence-electron chi connectivity index (χ0n) is 27.0. The first-order valence-corrected chi connectivity index (χ1v) is 19.5. The van der Waals surface area contributed by atoms with Crippen LogP contribution in [0.15, 0.2) is 0 Å². The lowest BCUT2D eigenvalue weighted by Crippen LogP contribution is -2.23. The molecule has 0 N–H and O–H groups in total. The number of hydrogen-bond acceptors (Lipinski definition) is 6. The Bertz CT molecular complexity index is 510. The van der Waals surface area contributed by atoms with Gasteiger partial charge in [0.2, 0.25) is 0 Å². The number of carbonyl (C=O) groups is 2. The Hall–Kier alpha value is -0.360. The highest BCUT2D eigenvalue weighted by Crippen LogP contribution is 2.37. The smallest absolute Gasteiger partial charge is 0.319 e. The lowest BCUT2D eigenvalue weighted by Gasteiger charge is -2.19. The number of unbranched alkanes of at least 4 members (excludes halogenated alkanes) is 18. The van der Waals surface area contributed by atoms with Gasteiger partial charge in [-0.05, 0) is 25.7 Å². The highest BCUT2D eigenvalue weighted by atomic mass is 33.1. The lowest BCUT2D eigenvalue weighted by atomic mass is 10.1. The molecule has 40 heavy (non-hydrogen) atoms. The number of esters is 2. The Labute approximate surface area is 257 Å². The Balaban J connectivity index is 4.71. The van der Waals surface area contributed by atoms with Gasteiger partial charge in [-0.3, -0.25) is 9.59 Å². The molecule has 0 aromatic rings. The van der Waals surface area contributed by atoms with Crippen LogP contribution >= 0.6 is 21.6 Å². The summed E-state index contributed by atoms with van der Waals surface area (Å²) in [5.74, 6) is -0.210. The van der Waals surface area contributed by atoms with Crippen LogP contribution in [0.1, 0.15) is 182 Å². The van der Waals surface area contributed by atoms with Crippen LogP contribution in [0.3, 0.4) is 0 Å². The van der Waals surface area contributed by atoms with E-state index in [-0.39, 0.29) is 22.4 Å². The molecule has 238 valence electrons. The molecule has 0 aliphatic heterocycles. The molecular formula is C34H66O4S2. The summed E-state index contributed by atoms with van der Waals surface area (Å²) in [5.41, 5.74) is 0. The summed E-state index contributed by atoms with van der Waals surface area (Å²) in [6.45, 7) is 9.73. The molecule has 0 aromatic heterocycles. The first kappa shape index (κ1) is 39.6. The van der Waals surface area contributed by atoms with Crippen molar-refractivity contribution in [1.29, 1.82) is 0 Å². The average Bonchev–Trinajstić information content (AvgIpc) is 2.95. The normalized spacial score (nSPS) is 12.8. The summed E-state index contributed by atoms with van der Waals surface area (Å²) in [5, 5.41) is -0.416. The molecule has 2 unspecified atom stereocenters. The second-order valence-corrected chi connectivity index (χ2v) is 14.1. The van der Waals surface area contributed by atoms with Gasteiger partial charge in [0.1, 0.15) is 10.5 Å². The summed E-state index contributed by atoms with van der Waals surface area (Å²) in [7, 11) is 3.12. The maximum atomic E-state index is 12.9. The molecule has 0 radical (unpaired) electrons. The molecule has 0 aliphatic carbocycles. The minimum atomic E-state index is -0.208. The van der Waals surface area contributed by atoms with Crippen LogP contribution < -0.4 is 0 Å². The van der Waals surface area contributed by atoms with Crippen molar-refractivity contribution in [2.75, 3.05) is 13.2 Å². The van der Waals surface area contributed by atoms with E-state index in [0.29, 0.717) is 13.2 Å². The molecule has 0 fully saturated rings. The molecule has 2 atom stereocenters. The Morgan fingerprint density at radius 3 is 1.00 bits per heavy atom. The topological polar surface area (TPSA) is 52.6 Å². The molecule has 0 aliphatic rings. The average molecular weight is 603 g/mol. The number of rotatable bonds is 31. The zero-order valence-corrected chi connectivity index (χ0v) is 28.6. The van der Waals surface area contributed by atoms with Crippen LogP contribution in [0.4, 0.5) is 0 Å². The van der Waals surface area contributed by atoms with Crippen molar-refractivity contribution in [2.45, 2.75) is 192 Å². The second-order valence-electron chi connectivity index (χ2n) is 11.4. The molecule has 0 spiro atoms. The van der Waals surface area contributed by atoms with Crippen LogP contribution in [0.2, 0.25) is 0 Å². The van der Waals surface area contributed by atoms with Gasteiger partial charge in [0.15, 0.2) is 0 Å². The van der Waals surface area contributed by atoms with E-state index in [1.54, 1.807) is 21.6 Å². The summed E-state index contributed by atoms with van der Waals surface area (Å²) in [6.07, 6.45) is 28.3. The van der Waals surface area contributed by atoms with Crippen molar-refractivity contribution in [3.63, 3.8) is 0 Å². The van der Waals surface area contributed by atoms with E-state index in [9.17, 15) is 9.59 Å². The molecule has 0 aromatic carbocycles. The molecule has 0 saturated carbocycles. The van der Waals surface area contributed by atoms with E-state index in [1.165, 1.54) is 103 Å². The molecule has 0 heterocycles. The minimum absolute atomic E-state index is 0.105. The van der Waals surface area contributed by atoms with Gasteiger partial charge in [-0.15, -0.1) is 0 Å². The fourth-order valence-electron chi connectivity index (χ4n) is 4.65. The number of ether oxygens (including phenoxy) is 2. The Morgan fingerprint density at radius 2 is 0.700 bits per heavy atom. The van der Waals surface area contributed by atoms with Crippen LogP contribution in [0.25, 0.3) is 0 Å². The van der Waals surface area contributed by atoms with Gasteiger partial charge in [0, 0.05) is 0 Å². The molecule has 0 saturated heterocycles. The quantitative estimate of drug-likeness (QED) is 0.0447. The van der Waals surface area contributed by atoms with Crippen LogP contribution in [-0.4, -0.2) is 35.7 Å². The molecule has 4 nitrogen and oxygen atoms in total. The van der Waals surface area contributed by atoms with Crippen molar-refractivity contribution in [1.82, 2.24) is 0 Å². The first-order valence-electron chi connectivity index (χ1n) is 17.3. The van der Waals surface area contributed by atoms with Crippen LogP contribution in [0.5, 0.6) is 0 Å². The van der Waals surface area contributed by atoms with Gasteiger partial charge in [0.25, 0.3) is 0 Å². The SMILES string of the molecule is CCCCCCCCCCCC(SSC(CCCCCCCCCCC)C(=O)OCCCC)C(=O)OCCCC.